The highest BCUT2D eigenvalue weighted by molar-refractivity contribution is 8.00. The fraction of sp³-hybridized carbons (Fsp3) is 0.333. The van der Waals surface area contributed by atoms with E-state index >= 15 is 0 Å². The molecule has 0 saturated carbocycles. The molecule has 1 unspecified atom stereocenters. The molecule has 1 aromatic heterocycles. The van der Waals surface area contributed by atoms with Gasteiger partial charge in [-0.2, -0.15) is 0 Å². The van der Waals surface area contributed by atoms with E-state index in [9.17, 15) is 4.79 Å². The van der Waals surface area contributed by atoms with Crippen molar-refractivity contribution in [1.29, 1.82) is 0 Å². The van der Waals surface area contributed by atoms with Crippen LogP contribution in [0.4, 0.5) is 0 Å². The Morgan fingerprint density at radius 3 is 3.05 bits per heavy atom. The lowest BCUT2D eigenvalue weighted by atomic mass is 10.2. The van der Waals surface area contributed by atoms with Gasteiger partial charge in [0.05, 0.1) is 5.25 Å². The highest BCUT2D eigenvalue weighted by atomic mass is 32.2. The summed E-state index contributed by atoms with van der Waals surface area (Å²) in [6.45, 7) is 2.58. The van der Waals surface area contributed by atoms with Gasteiger partial charge >= 0.3 is 0 Å². The summed E-state index contributed by atoms with van der Waals surface area (Å²) in [6.07, 6.45) is 3.58. The van der Waals surface area contributed by atoms with Crippen molar-refractivity contribution >= 4 is 17.7 Å². The van der Waals surface area contributed by atoms with Crippen LogP contribution in [0.25, 0.3) is 0 Å². The smallest absolute Gasteiger partial charge is 0.233 e. The topological polar surface area (TPSA) is 65.4 Å². The lowest BCUT2D eigenvalue weighted by Gasteiger charge is -2.12. The molecular weight excluding hydrogens is 302 g/mol. The molecule has 1 aromatic carbocycles. The van der Waals surface area contributed by atoms with Crippen LogP contribution in [0.3, 0.4) is 0 Å². The number of carbonyl (C=O) groups excluding carboxylic acids is 1. The van der Waals surface area contributed by atoms with E-state index in [1.807, 2.05) is 42.9 Å². The molecule has 0 aliphatic carbocycles. The van der Waals surface area contributed by atoms with Crippen molar-refractivity contribution in [2.75, 3.05) is 6.79 Å². The SMILES string of the molecule is CC(Sc1nccn1C)C(=O)NCc1ccc2c(c1)OCO2. The molecule has 2 heterocycles. The summed E-state index contributed by atoms with van der Waals surface area (Å²) in [5, 5.41) is 3.54. The van der Waals surface area contributed by atoms with Gasteiger partial charge in [-0.15, -0.1) is 0 Å². The predicted octanol–water partition coefficient (Wildman–Crippen LogP) is 1.95. The van der Waals surface area contributed by atoms with Crippen molar-refractivity contribution in [2.45, 2.75) is 23.9 Å². The van der Waals surface area contributed by atoms with E-state index in [1.165, 1.54) is 11.8 Å². The average molecular weight is 319 g/mol. The second-order valence-corrected chi connectivity index (χ2v) is 6.29. The third-order valence-corrected chi connectivity index (χ3v) is 4.50. The van der Waals surface area contributed by atoms with Crippen molar-refractivity contribution in [1.82, 2.24) is 14.9 Å². The van der Waals surface area contributed by atoms with Gasteiger partial charge in [-0.3, -0.25) is 4.79 Å². The maximum absolute atomic E-state index is 12.2. The van der Waals surface area contributed by atoms with Gasteiger partial charge in [0.25, 0.3) is 0 Å². The Balaban J connectivity index is 1.54. The number of ether oxygens (including phenoxy) is 2. The van der Waals surface area contributed by atoms with E-state index < -0.39 is 0 Å². The number of rotatable bonds is 5. The Labute approximate surface area is 132 Å². The van der Waals surface area contributed by atoms with E-state index in [4.69, 9.17) is 9.47 Å². The van der Waals surface area contributed by atoms with Crippen molar-refractivity contribution in [3.8, 4) is 11.5 Å². The van der Waals surface area contributed by atoms with Crippen LogP contribution >= 0.6 is 11.8 Å². The van der Waals surface area contributed by atoms with E-state index in [-0.39, 0.29) is 18.0 Å². The summed E-state index contributed by atoms with van der Waals surface area (Å²) < 4.78 is 12.5. The molecule has 1 atom stereocenters. The number of nitrogens with zero attached hydrogens (tertiary/aromatic N) is 2. The molecule has 116 valence electrons. The largest absolute Gasteiger partial charge is 0.454 e. The first-order chi connectivity index (χ1) is 10.6. The molecule has 3 rings (SSSR count). The van der Waals surface area contributed by atoms with Crippen molar-refractivity contribution in [2.24, 2.45) is 7.05 Å². The molecule has 2 aromatic rings. The van der Waals surface area contributed by atoms with Crippen LogP contribution in [0.1, 0.15) is 12.5 Å². The summed E-state index contributed by atoms with van der Waals surface area (Å²) in [5.74, 6) is 1.45. The van der Waals surface area contributed by atoms with Crippen LogP contribution in [-0.4, -0.2) is 27.5 Å². The van der Waals surface area contributed by atoms with Crippen molar-refractivity contribution in [3.63, 3.8) is 0 Å². The molecule has 1 aliphatic heterocycles. The highest BCUT2D eigenvalue weighted by Crippen LogP contribution is 2.32. The number of fused-ring (bicyclic) bond motifs is 1. The molecule has 0 bridgehead atoms. The van der Waals surface area contributed by atoms with Crippen LogP contribution < -0.4 is 14.8 Å². The Morgan fingerprint density at radius 2 is 2.27 bits per heavy atom. The third kappa shape index (κ3) is 3.19. The monoisotopic (exact) mass is 319 g/mol. The maximum Gasteiger partial charge on any atom is 0.233 e. The fourth-order valence-electron chi connectivity index (χ4n) is 2.06. The first-order valence-corrected chi connectivity index (χ1v) is 7.81. The van der Waals surface area contributed by atoms with Crippen LogP contribution in [0.15, 0.2) is 35.7 Å². The molecule has 1 aliphatic rings. The fourth-order valence-corrected chi connectivity index (χ4v) is 2.92. The number of amides is 1. The van der Waals surface area contributed by atoms with Gasteiger partial charge in [-0.05, 0) is 24.6 Å². The molecule has 1 N–H and O–H groups in total. The molecular formula is C15H17N3O3S. The zero-order valence-electron chi connectivity index (χ0n) is 12.4. The van der Waals surface area contributed by atoms with Gasteiger partial charge in [-0.25, -0.2) is 4.98 Å². The maximum atomic E-state index is 12.2. The average Bonchev–Trinajstić information content (AvgIpc) is 3.13. The first-order valence-electron chi connectivity index (χ1n) is 6.93. The summed E-state index contributed by atoms with van der Waals surface area (Å²) in [7, 11) is 1.91. The predicted molar refractivity (Wildman–Crippen MR) is 82.9 cm³/mol. The minimum absolute atomic E-state index is 0.0225. The molecule has 0 radical (unpaired) electrons. The van der Waals surface area contributed by atoms with Crippen LogP contribution in [0, 0.1) is 0 Å². The zero-order valence-corrected chi connectivity index (χ0v) is 13.2. The number of aromatic nitrogens is 2. The molecule has 0 fully saturated rings. The number of hydrogen-bond acceptors (Lipinski definition) is 5. The zero-order chi connectivity index (χ0) is 15.5. The molecule has 22 heavy (non-hydrogen) atoms. The van der Waals surface area contributed by atoms with Crippen LogP contribution in [0.5, 0.6) is 11.5 Å². The minimum atomic E-state index is -0.213. The first kappa shape index (κ1) is 14.8. The van der Waals surface area contributed by atoms with Crippen molar-refractivity contribution < 1.29 is 14.3 Å². The second-order valence-electron chi connectivity index (χ2n) is 4.99. The number of imidazole rings is 1. The lowest BCUT2D eigenvalue weighted by Crippen LogP contribution is -2.30. The number of thioether (sulfide) groups is 1. The lowest BCUT2D eigenvalue weighted by molar-refractivity contribution is -0.120. The van der Waals surface area contributed by atoms with Crippen LogP contribution in [0.2, 0.25) is 0 Å². The standard InChI is InChI=1S/C15H17N3O3S/c1-10(22-15-16-5-6-18(15)2)14(19)17-8-11-3-4-12-13(7-11)21-9-20-12/h3-7,10H,8-9H2,1-2H3,(H,17,19). The van der Waals surface area contributed by atoms with Gasteiger partial charge in [0, 0.05) is 26.0 Å². The summed E-state index contributed by atoms with van der Waals surface area (Å²) in [5.41, 5.74) is 0.979. The van der Waals surface area contributed by atoms with E-state index in [0.717, 1.165) is 22.2 Å². The number of aryl methyl sites for hydroxylation is 1. The number of carbonyl (C=O) groups is 1. The van der Waals surface area contributed by atoms with E-state index in [0.29, 0.717) is 6.54 Å². The Morgan fingerprint density at radius 1 is 1.45 bits per heavy atom. The van der Waals surface area contributed by atoms with Crippen molar-refractivity contribution in [3.05, 3.63) is 36.2 Å². The molecule has 0 spiro atoms. The number of nitrogens with one attached hydrogen (secondary N) is 1. The van der Waals surface area contributed by atoms with E-state index in [1.54, 1.807) is 6.20 Å². The molecule has 0 saturated heterocycles. The normalized spacial score (nSPS) is 13.9. The summed E-state index contributed by atoms with van der Waals surface area (Å²) in [4.78, 5) is 16.4. The second kappa shape index (κ2) is 6.31. The molecule has 6 nitrogen and oxygen atoms in total. The van der Waals surface area contributed by atoms with Gasteiger partial charge in [0.15, 0.2) is 16.7 Å². The Kier molecular flexibility index (Phi) is 4.24. The number of hydrogen-bond donors (Lipinski definition) is 1. The Bertz CT molecular complexity index is 686. The van der Waals surface area contributed by atoms with Gasteiger partial charge in [-0.1, -0.05) is 17.8 Å². The number of benzene rings is 1. The molecule has 7 heteroatoms. The third-order valence-electron chi connectivity index (χ3n) is 3.33. The van der Waals surface area contributed by atoms with E-state index in [2.05, 4.69) is 10.3 Å². The minimum Gasteiger partial charge on any atom is -0.454 e. The van der Waals surface area contributed by atoms with Gasteiger partial charge in [0.1, 0.15) is 0 Å². The summed E-state index contributed by atoms with van der Waals surface area (Å²) in [6, 6.07) is 5.67. The van der Waals surface area contributed by atoms with Gasteiger partial charge in [0.2, 0.25) is 12.7 Å². The Hall–Kier alpha value is -2.15. The quantitative estimate of drug-likeness (QED) is 0.853. The summed E-state index contributed by atoms with van der Waals surface area (Å²) >= 11 is 1.44. The molecule has 1 amide bonds. The van der Waals surface area contributed by atoms with Gasteiger partial charge < -0.3 is 19.4 Å². The highest BCUT2D eigenvalue weighted by Gasteiger charge is 2.17. The van der Waals surface area contributed by atoms with Crippen LogP contribution in [-0.2, 0) is 18.4 Å².